The summed E-state index contributed by atoms with van der Waals surface area (Å²) >= 11 is 0. The van der Waals surface area contributed by atoms with Gasteiger partial charge in [-0.1, -0.05) is 6.07 Å². The molecule has 21 heavy (non-hydrogen) atoms. The van der Waals surface area contributed by atoms with Crippen molar-refractivity contribution >= 4 is 21.6 Å². The third-order valence-electron chi connectivity index (χ3n) is 4.03. The highest BCUT2D eigenvalue weighted by Gasteiger charge is 2.37. The van der Waals surface area contributed by atoms with Crippen molar-refractivity contribution in [3.63, 3.8) is 0 Å². The van der Waals surface area contributed by atoms with Crippen molar-refractivity contribution in [1.29, 1.82) is 0 Å². The first-order chi connectivity index (χ1) is 9.73. The zero-order valence-electron chi connectivity index (χ0n) is 12.2. The molecule has 0 radical (unpaired) electrons. The maximum atomic E-state index is 12.9. The highest BCUT2D eigenvalue weighted by Crippen LogP contribution is 2.30. The van der Waals surface area contributed by atoms with Crippen LogP contribution < -0.4 is 11.5 Å². The van der Waals surface area contributed by atoms with Gasteiger partial charge in [-0.05, 0) is 44.4 Å². The molecule has 0 aromatic heterocycles. The van der Waals surface area contributed by atoms with E-state index in [1.54, 1.807) is 19.1 Å². The van der Waals surface area contributed by atoms with Gasteiger partial charge < -0.3 is 11.5 Å². The third kappa shape index (κ3) is 3.03. The molecular formula is C14H21N3O3S. The molecule has 4 N–H and O–H groups in total. The van der Waals surface area contributed by atoms with E-state index in [1.807, 2.05) is 6.92 Å². The van der Waals surface area contributed by atoms with Crippen molar-refractivity contribution in [2.75, 3.05) is 12.3 Å². The molecule has 2 rings (SSSR count). The fourth-order valence-corrected chi connectivity index (χ4v) is 4.63. The Balaban J connectivity index is 2.42. The first-order valence-electron chi connectivity index (χ1n) is 6.90. The summed E-state index contributed by atoms with van der Waals surface area (Å²) in [6.07, 6.45) is 1.24. The van der Waals surface area contributed by atoms with Gasteiger partial charge in [-0.3, -0.25) is 4.79 Å². The number of nitrogen functional groups attached to an aromatic ring is 1. The molecule has 1 aliphatic heterocycles. The van der Waals surface area contributed by atoms with E-state index >= 15 is 0 Å². The molecule has 1 aliphatic rings. The van der Waals surface area contributed by atoms with Gasteiger partial charge in [0.1, 0.15) is 0 Å². The molecule has 2 unspecified atom stereocenters. The molecule has 116 valence electrons. The summed E-state index contributed by atoms with van der Waals surface area (Å²) in [6.45, 7) is 3.70. The Morgan fingerprint density at radius 2 is 2.00 bits per heavy atom. The van der Waals surface area contributed by atoms with Crippen LogP contribution in [0.1, 0.15) is 25.3 Å². The van der Waals surface area contributed by atoms with Gasteiger partial charge in [0.25, 0.3) is 0 Å². The largest absolute Gasteiger partial charge is 0.399 e. The van der Waals surface area contributed by atoms with Gasteiger partial charge in [0.05, 0.1) is 10.8 Å². The summed E-state index contributed by atoms with van der Waals surface area (Å²) in [5.41, 5.74) is 12.1. The van der Waals surface area contributed by atoms with Crippen molar-refractivity contribution in [1.82, 2.24) is 4.31 Å². The number of nitrogens with zero attached hydrogens (tertiary/aromatic N) is 1. The van der Waals surface area contributed by atoms with E-state index < -0.39 is 21.8 Å². The van der Waals surface area contributed by atoms with E-state index in [0.717, 1.165) is 0 Å². The number of rotatable bonds is 3. The molecule has 2 atom stereocenters. The van der Waals surface area contributed by atoms with Crippen molar-refractivity contribution in [3.8, 4) is 0 Å². The van der Waals surface area contributed by atoms with Crippen molar-refractivity contribution < 1.29 is 13.2 Å². The number of amides is 1. The number of hydrogen-bond acceptors (Lipinski definition) is 4. The van der Waals surface area contributed by atoms with E-state index in [-0.39, 0.29) is 17.5 Å². The predicted octanol–water partition coefficient (Wildman–Crippen LogP) is 0.852. The van der Waals surface area contributed by atoms with Crippen molar-refractivity contribution in [3.05, 3.63) is 23.8 Å². The Labute approximate surface area is 125 Å². The second kappa shape index (κ2) is 5.65. The zero-order chi connectivity index (χ0) is 15.8. The molecule has 7 heteroatoms. The van der Waals surface area contributed by atoms with Crippen LogP contribution in [0, 0.1) is 12.8 Å². The number of carbonyl (C=O) groups excluding carboxylic acids is 1. The fourth-order valence-electron chi connectivity index (χ4n) is 2.66. The van der Waals surface area contributed by atoms with Crippen molar-refractivity contribution in [2.24, 2.45) is 11.7 Å². The van der Waals surface area contributed by atoms with Gasteiger partial charge in [0, 0.05) is 18.3 Å². The lowest BCUT2D eigenvalue weighted by Crippen LogP contribution is -2.48. The minimum absolute atomic E-state index is 0.132. The third-order valence-corrected chi connectivity index (χ3v) is 6.15. The van der Waals surface area contributed by atoms with Gasteiger partial charge in [0.15, 0.2) is 0 Å². The van der Waals surface area contributed by atoms with Gasteiger partial charge in [-0.2, -0.15) is 4.31 Å². The molecular weight excluding hydrogens is 290 g/mol. The Hall–Kier alpha value is -1.60. The van der Waals surface area contributed by atoms with Crippen LogP contribution in [0.5, 0.6) is 0 Å². The normalized spacial score (nSPS) is 23.9. The zero-order valence-corrected chi connectivity index (χ0v) is 13.1. The monoisotopic (exact) mass is 311 g/mol. The fraction of sp³-hybridized carbons (Fsp3) is 0.500. The number of piperidine rings is 1. The molecule has 0 bridgehead atoms. The topological polar surface area (TPSA) is 106 Å². The summed E-state index contributed by atoms with van der Waals surface area (Å²) in [5.74, 6) is -0.885. The SMILES string of the molecule is Cc1ccc(N)cc1S(=O)(=O)N1CC(C(N)=O)CCC1C. The quantitative estimate of drug-likeness (QED) is 0.807. The van der Waals surface area contributed by atoms with E-state index in [9.17, 15) is 13.2 Å². The average Bonchev–Trinajstić information content (AvgIpc) is 2.41. The Bertz CT molecular complexity index is 657. The first-order valence-corrected chi connectivity index (χ1v) is 8.34. The van der Waals surface area contributed by atoms with Gasteiger partial charge >= 0.3 is 0 Å². The highest BCUT2D eigenvalue weighted by molar-refractivity contribution is 7.89. The Kier molecular flexibility index (Phi) is 4.25. The molecule has 1 aromatic carbocycles. The molecule has 0 spiro atoms. The summed E-state index contributed by atoms with van der Waals surface area (Å²) < 4.78 is 27.1. The summed E-state index contributed by atoms with van der Waals surface area (Å²) in [7, 11) is -3.69. The molecule has 1 heterocycles. The smallest absolute Gasteiger partial charge is 0.243 e. The van der Waals surface area contributed by atoms with E-state index in [4.69, 9.17) is 11.5 Å². The second-order valence-electron chi connectivity index (χ2n) is 5.63. The van der Waals surface area contributed by atoms with Gasteiger partial charge in [-0.25, -0.2) is 8.42 Å². The van der Waals surface area contributed by atoms with Crippen LogP contribution in [-0.4, -0.2) is 31.2 Å². The van der Waals surface area contributed by atoms with Crippen LogP contribution in [-0.2, 0) is 14.8 Å². The number of hydrogen-bond donors (Lipinski definition) is 2. The molecule has 1 aromatic rings. The summed E-state index contributed by atoms with van der Waals surface area (Å²) in [4.78, 5) is 11.6. The Morgan fingerprint density at radius 3 is 2.62 bits per heavy atom. The molecule has 1 fully saturated rings. The number of primary amides is 1. The second-order valence-corrected chi connectivity index (χ2v) is 7.48. The lowest BCUT2D eigenvalue weighted by Gasteiger charge is -2.36. The number of nitrogens with two attached hydrogens (primary N) is 2. The van der Waals surface area contributed by atoms with Crippen molar-refractivity contribution in [2.45, 2.75) is 37.6 Å². The van der Waals surface area contributed by atoms with E-state index in [2.05, 4.69) is 0 Å². The molecule has 0 aliphatic carbocycles. The highest BCUT2D eigenvalue weighted by atomic mass is 32.2. The van der Waals surface area contributed by atoms with Gasteiger partial charge in [-0.15, -0.1) is 0 Å². The number of benzene rings is 1. The Morgan fingerprint density at radius 1 is 1.33 bits per heavy atom. The minimum atomic E-state index is -3.69. The molecule has 6 nitrogen and oxygen atoms in total. The standard InChI is InChI=1S/C14H21N3O3S/c1-9-3-6-12(15)7-13(9)21(19,20)17-8-11(14(16)18)5-4-10(17)2/h3,6-7,10-11H,4-5,8,15H2,1-2H3,(H2,16,18). The molecule has 1 saturated heterocycles. The summed E-state index contributed by atoms with van der Waals surface area (Å²) in [5, 5.41) is 0. The maximum absolute atomic E-state index is 12.9. The number of sulfonamides is 1. The van der Waals surface area contributed by atoms with E-state index in [1.165, 1.54) is 10.4 Å². The molecule has 0 saturated carbocycles. The number of anilines is 1. The number of carbonyl (C=O) groups is 1. The molecule has 1 amide bonds. The average molecular weight is 311 g/mol. The number of aryl methyl sites for hydroxylation is 1. The van der Waals surface area contributed by atoms with Crippen LogP contribution in [0.4, 0.5) is 5.69 Å². The van der Waals surface area contributed by atoms with E-state index in [0.29, 0.717) is 24.1 Å². The lowest BCUT2D eigenvalue weighted by molar-refractivity contribution is -0.123. The minimum Gasteiger partial charge on any atom is -0.399 e. The van der Waals surface area contributed by atoms with Crippen LogP contribution in [0.3, 0.4) is 0 Å². The maximum Gasteiger partial charge on any atom is 0.243 e. The lowest BCUT2D eigenvalue weighted by atomic mass is 9.95. The van der Waals surface area contributed by atoms with Crippen LogP contribution in [0.25, 0.3) is 0 Å². The van der Waals surface area contributed by atoms with Crippen LogP contribution in [0.2, 0.25) is 0 Å². The van der Waals surface area contributed by atoms with Crippen LogP contribution in [0.15, 0.2) is 23.1 Å². The first kappa shape index (κ1) is 15.8. The van der Waals surface area contributed by atoms with Crippen LogP contribution >= 0.6 is 0 Å². The summed E-state index contributed by atoms with van der Waals surface area (Å²) in [6, 6.07) is 4.65. The predicted molar refractivity (Wildman–Crippen MR) is 80.9 cm³/mol. The van der Waals surface area contributed by atoms with Gasteiger partial charge in [0.2, 0.25) is 15.9 Å².